The topological polar surface area (TPSA) is 68.0 Å². The normalized spacial score (nSPS) is 15.5. The number of allylic oxidation sites excluding steroid dienone is 1. The quantitative estimate of drug-likeness (QED) is 0.191. The minimum atomic E-state index is -0.494. The minimum absolute atomic E-state index is 0.494. The Morgan fingerprint density at radius 1 is 0.526 bits per heavy atom. The molecule has 270 valence electrons. The average Bonchev–Trinajstić information content (AvgIpc) is 3.96. The molecule has 6 nitrogen and oxygen atoms in total. The molecular weight excluding hydrogens is 701 g/mol. The molecule has 0 amide bonds. The highest BCUT2D eigenvalue weighted by Crippen LogP contribution is 2.42. The van der Waals surface area contributed by atoms with E-state index in [2.05, 4.69) is 143 Å². The largest absolute Gasteiger partial charge is 0.460 e. The molecule has 3 aromatic heterocycles. The lowest BCUT2D eigenvalue weighted by Gasteiger charge is -2.25. The van der Waals surface area contributed by atoms with Gasteiger partial charge < -0.3 is 18.7 Å². The first-order valence-electron chi connectivity index (χ1n) is 19.5. The smallest absolute Gasteiger partial charge is 0.170 e. The number of aryl methyl sites for hydroxylation is 1. The van der Waals surface area contributed by atoms with Gasteiger partial charge in [-0.2, -0.15) is 0 Å². The van der Waals surface area contributed by atoms with Crippen LogP contribution in [0.2, 0.25) is 0 Å². The Morgan fingerprint density at radius 3 is 2.14 bits per heavy atom. The number of fused-ring (bicyclic) bond motifs is 9. The average molecular weight is 735 g/mol. The Kier molecular flexibility index (Phi) is 7.01. The Hall–Kier alpha value is -7.44. The van der Waals surface area contributed by atoms with Crippen molar-refractivity contribution < 1.29 is 8.83 Å². The number of hydrogen-bond acceptors (Lipinski definition) is 5. The maximum absolute atomic E-state index is 6.78. The molecule has 1 unspecified atom stereocenters. The summed E-state index contributed by atoms with van der Waals surface area (Å²) in [5.41, 5.74) is 12.3. The summed E-state index contributed by atoms with van der Waals surface area (Å²) in [6, 6.07) is 57.4. The molecule has 1 aliphatic carbocycles. The first-order valence-corrected chi connectivity index (χ1v) is 19.5. The van der Waals surface area contributed by atoms with Crippen molar-refractivity contribution in [3.8, 4) is 16.8 Å². The lowest BCUT2D eigenvalue weighted by atomic mass is 9.92. The molecule has 0 fully saturated rings. The molecule has 4 heterocycles. The van der Waals surface area contributed by atoms with Gasteiger partial charge in [0.1, 0.15) is 34.2 Å². The SMILES string of the molecule is C1=C(C2N=C(c3ccccc3)NC(c3cccc4c3oc3ccccc34)=N2)c2c(oc3cc(-n4c5ccccc5c5cc(-c6ccccc6)ccc54)ccc23)CC1. The van der Waals surface area contributed by atoms with Crippen LogP contribution in [0.5, 0.6) is 0 Å². The molecule has 0 saturated heterocycles. The van der Waals surface area contributed by atoms with Crippen molar-refractivity contribution in [1.29, 1.82) is 0 Å². The van der Waals surface area contributed by atoms with Gasteiger partial charge in [0, 0.05) is 61.8 Å². The molecule has 0 spiro atoms. The van der Waals surface area contributed by atoms with E-state index in [1.165, 1.54) is 21.9 Å². The van der Waals surface area contributed by atoms with Gasteiger partial charge in [0.05, 0.1) is 16.6 Å². The van der Waals surface area contributed by atoms with E-state index in [1.807, 2.05) is 36.4 Å². The molecule has 12 rings (SSSR count). The Morgan fingerprint density at radius 2 is 1.26 bits per heavy atom. The molecule has 57 heavy (non-hydrogen) atoms. The highest BCUT2D eigenvalue weighted by atomic mass is 16.3. The number of nitrogens with one attached hydrogen (secondary N) is 1. The van der Waals surface area contributed by atoms with Crippen molar-refractivity contribution >= 4 is 72.0 Å². The van der Waals surface area contributed by atoms with Crippen molar-refractivity contribution in [2.45, 2.75) is 19.0 Å². The molecule has 2 aliphatic rings. The fourth-order valence-corrected chi connectivity index (χ4v) is 8.93. The number of benzene rings is 7. The highest BCUT2D eigenvalue weighted by Gasteiger charge is 2.30. The van der Waals surface area contributed by atoms with Crippen LogP contribution >= 0.6 is 0 Å². The zero-order valence-electron chi connectivity index (χ0n) is 30.8. The number of furan rings is 2. The van der Waals surface area contributed by atoms with Gasteiger partial charge >= 0.3 is 0 Å². The van der Waals surface area contributed by atoms with Gasteiger partial charge in [-0.1, -0.05) is 121 Å². The summed E-state index contributed by atoms with van der Waals surface area (Å²) >= 11 is 0. The van der Waals surface area contributed by atoms with Gasteiger partial charge in [-0.25, -0.2) is 9.98 Å². The van der Waals surface area contributed by atoms with E-state index in [0.717, 1.165) is 102 Å². The van der Waals surface area contributed by atoms with Crippen LogP contribution in [0.15, 0.2) is 189 Å². The Labute approximate surface area is 327 Å². The molecule has 0 bridgehead atoms. The van der Waals surface area contributed by atoms with E-state index < -0.39 is 6.17 Å². The Bertz CT molecular complexity index is 3330. The van der Waals surface area contributed by atoms with Gasteiger partial charge in [0.25, 0.3) is 0 Å². The summed E-state index contributed by atoms with van der Waals surface area (Å²) in [5.74, 6) is 2.47. The molecule has 0 radical (unpaired) electrons. The standard InChI is InChI=1S/C51H34N4O2/c1-3-13-31(14-4-1)33-25-28-43-41(29-33)35-17-7-9-22-42(35)55(43)34-26-27-38-46(30-34)56-45-24-12-20-39(47(38)45)50-52-49(32-15-5-2-6-16-32)53-51(54-50)40-21-11-19-37-36-18-8-10-23-44(36)57-48(37)40/h1-11,13-23,25-30,50H,12,24H2,(H,52,53,54). The maximum Gasteiger partial charge on any atom is 0.170 e. The van der Waals surface area contributed by atoms with Crippen molar-refractivity contribution in [3.63, 3.8) is 0 Å². The summed E-state index contributed by atoms with van der Waals surface area (Å²) < 4.78 is 15.6. The number of nitrogens with zero attached hydrogens (tertiary/aromatic N) is 3. The zero-order chi connectivity index (χ0) is 37.5. The molecule has 7 aromatic carbocycles. The number of aromatic nitrogens is 1. The summed E-state index contributed by atoms with van der Waals surface area (Å²) in [7, 11) is 0. The third-order valence-electron chi connectivity index (χ3n) is 11.5. The summed E-state index contributed by atoms with van der Waals surface area (Å²) in [6.07, 6.45) is 3.46. The molecule has 6 heteroatoms. The fourth-order valence-electron chi connectivity index (χ4n) is 8.93. The van der Waals surface area contributed by atoms with Crippen LogP contribution in [-0.2, 0) is 6.42 Å². The summed E-state index contributed by atoms with van der Waals surface area (Å²) in [5, 5.41) is 9.25. The number of amidine groups is 2. The first-order chi connectivity index (χ1) is 28.2. The molecule has 1 aliphatic heterocycles. The highest BCUT2D eigenvalue weighted by molar-refractivity contribution is 6.22. The van der Waals surface area contributed by atoms with Gasteiger partial charge in [-0.05, 0) is 60.0 Å². The lowest BCUT2D eigenvalue weighted by molar-refractivity contribution is 0.544. The second-order valence-electron chi connectivity index (χ2n) is 14.8. The van der Waals surface area contributed by atoms with E-state index in [0.29, 0.717) is 0 Å². The van der Waals surface area contributed by atoms with Crippen molar-refractivity contribution in [2.24, 2.45) is 9.98 Å². The summed E-state index contributed by atoms with van der Waals surface area (Å²) in [4.78, 5) is 10.6. The number of aliphatic imine (C=N–C) groups is 2. The van der Waals surface area contributed by atoms with Gasteiger partial charge in [0.15, 0.2) is 6.17 Å². The van der Waals surface area contributed by atoms with Crippen LogP contribution in [0, 0.1) is 0 Å². The lowest BCUT2D eigenvalue weighted by Crippen LogP contribution is -2.38. The number of rotatable bonds is 5. The summed E-state index contributed by atoms with van der Waals surface area (Å²) in [6.45, 7) is 0. The van der Waals surface area contributed by atoms with Crippen LogP contribution < -0.4 is 5.32 Å². The second kappa shape index (κ2) is 12.5. The van der Waals surface area contributed by atoms with Gasteiger partial charge in [-0.3, -0.25) is 0 Å². The van der Waals surface area contributed by atoms with Crippen molar-refractivity contribution in [2.75, 3.05) is 0 Å². The van der Waals surface area contributed by atoms with Gasteiger partial charge in [-0.15, -0.1) is 0 Å². The van der Waals surface area contributed by atoms with Crippen LogP contribution in [0.1, 0.15) is 28.9 Å². The first kappa shape index (κ1) is 31.9. The van der Waals surface area contributed by atoms with Gasteiger partial charge in [0.2, 0.25) is 0 Å². The third kappa shape index (κ3) is 5.04. The van der Waals surface area contributed by atoms with Crippen LogP contribution in [0.3, 0.4) is 0 Å². The maximum atomic E-state index is 6.78. The molecule has 1 atom stereocenters. The van der Waals surface area contributed by atoms with E-state index in [4.69, 9.17) is 18.8 Å². The van der Waals surface area contributed by atoms with E-state index in [-0.39, 0.29) is 0 Å². The number of para-hydroxylation sites is 3. The minimum Gasteiger partial charge on any atom is -0.460 e. The van der Waals surface area contributed by atoms with E-state index in [1.54, 1.807) is 0 Å². The zero-order valence-corrected chi connectivity index (χ0v) is 30.8. The predicted octanol–water partition coefficient (Wildman–Crippen LogP) is 12.2. The van der Waals surface area contributed by atoms with E-state index >= 15 is 0 Å². The molecule has 10 aromatic rings. The van der Waals surface area contributed by atoms with Crippen LogP contribution in [0.4, 0.5) is 0 Å². The Balaban J connectivity index is 0.991. The third-order valence-corrected chi connectivity index (χ3v) is 11.5. The molecular formula is C51H34N4O2. The van der Waals surface area contributed by atoms with Crippen LogP contribution in [0.25, 0.3) is 77.1 Å². The van der Waals surface area contributed by atoms with E-state index in [9.17, 15) is 0 Å². The second-order valence-corrected chi connectivity index (χ2v) is 14.8. The molecule has 0 saturated carbocycles. The monoisotopic (exact) mass is 734 g/mol. The predicted molar refractivity (Wildman–Crippen MR) is 232 cm³/mol. The fraction of sp³-hybridized carbons (Fsp3) is 0.0588. The van der Waals surface area contributed by atoms with Crippen LogP contribution in [-0.4, -0.2) is 22.4 Å². The van der Waals surface area contributed by atoms with Crippen molar-refractivity contribution in [1.82, 2.24) is 9.88 Å². The number of hydrogen-bond donors (Lipinski definition) is 1. The van der Waals surface area contributed by atoms with Crippen molar-refractivity contribution in [3.05, 3.63) is 192 Å². The molecule has 1 N–H and O–H groups in total.